The number of ether oxygens (including phenoxy) is 1. The number of piperidine rings is 1. The van der Waals surface area contributed by atoms with E-state index in [9.17, 15) is 9.59 Å². The molecule has 2 fully saturated rings. The van der Waals surface area contributed by atoms with Gasteiger partial charge in [-0.15, -0.1) is 0 Å². The third kappa shape index (κ3) is 6.61. The van der Waals surface area contributed by atoms with Gasteiger partial charge in [-0.3, -0.25) is 14.5 Å². The second-order valence-corrected chi connectivity index (χ2v) is 7.51. The van der Waals surface area contributed by atoms with Crippen molar-refractivity contribution in [2.24, 2.45) is 5.92 Å². The summed E-state index contributed by atoms with van der Waals surface area (Å²) in [6.45, 7) is 6.65. The lowest BCUT2D eigenvalue weighted by Crippen LogP contribution is -2.47. The van der Waals surface area contributed by atoms with E-state index < -0.39 is 0 Å². The third-order valence-corrected chi connectivity index (χ3v) is 5.40. The molecule has 2 heterocycles. The molecule has 6 nitrogen and oxygen atoms in total. The maximum absolute atomic E-state index is 12.3. The van der Waals surface area contributed by atoms with Crippen LogP contribution in [-0.4, -0.2) is 86.1 Å². The predicted octanol–water partition coefficient (Wildman–Crippen LogP) is 0.817. The number of amides is 2. The zero-order valence-electron chi connectivity index (χ0n) is 14.8. The van der Waals surface area contributed by atoms with E-state index in [2.05, 4.69) is 16.5 Å². The van der Waals surface area contributed by atoms with E-state index in [1.54, 1.807) is 11.8 Å². The van der Waals surface area contributed by atoms with E-state index in [0.717, 1.165) is 64.5 Å². The Bertz CT molecular complexity index is 403. The molecule has 2 rings (SSSR count). The maximum atomic E-state index is 12.3. The number of nitrogens with zero attached hydrogens (tertiary/aromatic N) is 2. The lowest BCUT2D eigenvalue weighted by Gasteiger charge is -2.33. The van der Waals surface area contributed by atoms with Crippen LogP contribution in [0.3, 0.4) is 0 Å². The Hall–Kier alpha value is -0.790. The molecule has 2 amide bonds. The van der Waals surface area contributed by atoms with E-state index in [-0.39, 0.29) is 17.7 Å². The molecule has 0 unspecified atom stereocenters. The Morgan fingerprint density at radius 1 is 1.29 bits per heavy atom. The van der Waals surface area contributed by atoms with Gasteiger partial charge in [-0.25, -0.2) is 0 Å². The fourth-order valence-electron chi connectivity index (χ4n) is 3.23. The number of likely N-dealkylation sites (tertiary alicyclic amines) is 1. The molecule has 0 radical (unpaired) electrons. The molecule has 0 spiro atoms. The number of carbonyl (C=O) groups is 2. The van der Waals surface area contributed by atoms with Crippen molar-refractivity contribution in [3.05, 3.63) is 0 Å². The first-order chi connectivity index (χ1) is 11.7. The topological polar surface area (TPSA) is 61.9 Å². The molecule has 0 aromatic carbocycles. The largest absolute Gasteiger partial charge is 0.379 e. The van der Waals surface area contributed by atoms with Crippen LogP contribution < -0.4 is 5.32 Å². The second-order valence-electron chi connectivity index (χ2n) is 6.52. The molecular weight excluding hydrogens is 326 g/mol. The quantitative estimate of drug-likeness (QED) is 0.619. The first-order valence-electron chi connectivity index (χ1n) is 9.05. The van der Waals surface area contributed by atoms with Gasteiger partial charge in [-0.2, -0.15) is 11.8 Å². The SMILES string of the molecule is CSCCCNC(=O)[C@H]1CCC(=O)N(CCCN2CCOCC2)C1. The lowest BCUT2D eigenvalue weighted by atomic mass is 9.96. The molecule has 2 saturated heterocycles. The summed E-state index contributed by atoms with van der Waals surface area (Å²) in [5.41, 5.74) is 0. The van der Waals surface area contributed by atoms with Crippen molar-refractivity contribution < 1.29 is 14.3 Å². The predicted molar refractivity (Wildman–Crippen MR) is 97.2 cm³/mol. The summed E-state index contributed by atoms with van der Waals surface area (Å²) in [4.78, 5) is 28.6. The van der Waals surface area contributed by atoms with Crippen molar-refractivity contribution in [2.75, 3.05) is 64.5 Å². The summed E-state index contributed by atoms with van der Waals surface area (Å²) in [5, 5.41) is 3.02. The van der Waals surface area contributed by atoms with Crippen LogP contribution in [0.1, 0.15) is 25.7 Å². The smallest absolute Gasteiger partial charge is 0.224 e. The molecule has 0 aliphatic carbocycles. The molecule has 0 saturated carbocycles. The van der Waals surface area contributed by atoms with Gasteiger partial charge >= 0.3 is 0 Å². The number of rotatable bonds is 9. The highest BCUT2D eigenvalue weighted by Gasteiger charge is 2.29. The Morgan fingerprint density at radius 2 is 2.08 bits per heavy atom. The molecule has 2 aliphatic heterocycles. The summed E-state index contributed by atoms with van der Waals surface area (Å²) in [6, 6.07) is 0. The van der Waals surface area contributed by atoms with Gasteiger partial charge in [0.1, 0.15) is 0 Å². The van der Waals surface area contributed by atoms with Gasteiger partial charge in [-0.05, 0) is 31.3 Å². The number of nitrogens with one attached hydrogen (secondary N) is 1. The van der Waals surface area contributed by atoms with Crippen molar-refractivity contribution >= 4 is 23.6 Å². The van der Waals surface area contributed by atoms with Gasteiger partial charge in [0.05, 0.1) is 19.1 Å². The lowest BCUT2D eigenvalue weighted by molar-refractivity contribution is -0.138. The Kier molecular flexibility index (Phi) is 8.91. The highest BCUT2D eigenvalue weighted by atomic mass is 32.2. The van der Waals surface area contributed by atoms with E-state index in [4.69, 9.17) is 4.74 Å². The first kappa shape index (κ1) is 19.5. The molecule has 24 heavy (non-hydrogen) atoms. The van der Waals surface area contributed by atoms with Crippen LogP contribution in [0.15, 0.2) is 0 Å². The molecule has 138 valence electrons. The monoisotopic (exact) mass is 357 g/mol. The molecular formula is C17H31N3O3S. The van der Waals surface area contributed by atoms with Gasteiger partial charge in [0, 0.05) is 45.7 Å². The molecule has 0 aromatic rings. The summed E-state index contributed by atoms with van der Waals surface area (Å²) < 4.78 is 5.35. The fraction of sp³-hybridized carbons (Fsp3) is 0.882. The second kappa shape index (κ2) is 10.9. The highest BCUT2D eigenvalue weighted by Crippen LogP contribution is 2.18. The summed E-state index contributed by atoms with van der Waals surface area (Å²) >= 11 is 1.79. The number of morpholine rings is 1. The van der Waals surface area contributed by atoms with Gasteiger partial charge < -0.3 is 15.0 Å². The average Bonchev–Trinajstić information content (AvgIpc) is 2.61. The van der Waals surface area contributed by atoms with Crippen molar-refractivity contribution in [1.29, 1.82) is 0 Å². The minimum absolute atomic E-state index is 0.0413. The standard InChI is InChI=1S/C17H31N3O3S/c1-24-13-2-6-18-17(22)15-4-5-16(21)20(14-15)8-3-7-19-9-11-23-12-10-19/h15H,2-14H2,1H3,(H,18,22)/t15-/m0/s1. The van der Waals surface area contributed by atoms with E-state index in [1.165, 1.54) is 0 Å². The Balaban J connectivity index is 1.67. The minimum Gasteiger partial charge on any atom is -0.379 e. The summed E-state index contributed by atoms with van der Waals surface area (Å²) in [6.07, 6.45) is 5.23. The van der Waals surface area contributed by atoms with Crippen LogP contribution in [0.2, 0.25) is 0 Å². The fourth-order valence-corrected chi connectivity index (χ4v) is 3.66. The van der Waals surface area contributed by atoms with E-state index in [0.29, 0.717) is 19.4 Å². The number of hydrogen-bond acceptors (Lipinski definition) is 5. The summed E-state index contributed by atoms with van der Waals surface area (Å²) in [5.74, 6) is 1.34. The summed E-state index contributed by atoms with van der Waals surface area (Å²) in [7, 11) is 0. The molecule has 7 heteroatoms. The Labute approximate surface area is 149 Å². The Morgan fingerprint density at radius 3 is 2.83 bits per heavy atom. The normalized spacial score (nSPS) is 22.6. The zero-order valence-corrected chi connectivity index (χ0v) is 15.6. The molecule has 2 aliphatic rings. The van der Waals surface area contributed by atoms with E-state index in [1.807, 2.05) is 4.90 Å². The van der Waals surface area contributed by atoms with Crippen molar-refractivity contribution in [3.8, 4) is 0 Å². The first-order valence-corrected chi connectivity index (χ1v) is 10.4. The van der Waals surface area contributed by atoms with Crippen LogP contribution >= 0.6 is 11.8 Å². The van der Waals surface area contributed by atoms with E-state index >= 15 is 0 Å². The van der Waals surface area contributed by atoms with Gasteiger partial charge in [0.15, 0.2) is 0 Å². The molecule has 1 atom stereocenters. The third-order valence-electron chi connectivity index (χ3n) is 4.70. The number of thioether (sulfide) groups is 1. The average molecular weight is 358 g/mol. The van der Waals surface area contributed by atoms with Crippen LogP contribution in [0, 0.1) is 5.92 Å². The molecule has 1 N–H and O–H groups in total. The van der Waals surface area contributed by atoms with Crippen LogP contribution in [0.5, 0.6) is 0 Å². The number of carbonyl (C=O) groups excluding carboxylic acids is 2. The van der Waals surface area contributed by atoms with Gasteiger partial charge in [-0.1, -0.05) is 0 Å². The van der Waals surface area contributed by atoms with Gasteiger partial charge in [0.25, 0.3) is 0 Å². The minimum atomic E-state index is -0.0413. The van der Waals surface area contributed by atoms with Crippen LogP contribution in [0.4, 0.5) is 0 Å². The molecule has 0 bridgehead atoms. The number of hydrogen-bond donors (Lipinski definition) is 1. The molecule has 0 aromatic heterocycles. The van der Waals surface area contributed by atoms with Crippen molar-refractivity contribution in [3.63, 3.8) is 0 Å². The maximum Gasteiger partial charge on any atom is 0.224 e. The van der Waals surface area contributed by atoms with Gasteiger partial charge in [0.2, 0.25) is 11.8 Å². The van der Waals surface area contributed by atoms with Crippen molar-refractivity contribution in [1.82, 2.24) is 15.1 Å². The van der Waals surface area contributed by atoms with Crippen LogP contribution in [-0.2, 0) is 14.3 Å². The zero-order chi connectivity index (χ0) is 17.2. The highest BCUT2D eigenvalue weighted by molar-refractivity contribution is 7.98. The van der Waals surface area contributed by atoms with Crippen molar-refractivity contribution in [2.45, 2.75) is 25.7 Å². The van der Waals surface area contributed by atoms with Crippen LogP contribution in [0.25, 0.3) is 0 Å².